The molecule has 0 radical (unpaired) electrons. The smallest absolute Gasteiger partial charge is 0.320 e. The van der Waals surface area contributed by atoms with E-state index in [1.807, 2.05) is 41.3 Å². The normalized spacial score (nSPS) is 18.1. The Morgan fingerprint density at radius 2 is 1.67 bits per heavy atom. The van der Waals surface area contributed by atoms with E-state index < -0.39 is 12.0 Å². The van der Waals surface area contributed by atoms with E-state index in [1.165, 1.54) is 0 Å². The summed E-state index contributed by atoms with van der Waals surface area (Å²) in [5, 5.41) is 9.72. The summed E-state index contributed by atoms with van der Waals surface area (Å²) in [6.07, 6.45) is 1.48. The number of methoxy groups -OCH3 is 3. The molecular formula is C21H25NO5. The van der Waals surface area contributed by atoms with Gasteiger partial charge in [-0.2, -0.15) is 0 Å². The van der Waals surface area contributed by atoms with Crippen molar-refractivity contribution in [3.05, 3.63) is 53.6 Å². The van der Waals surface area contributed by atoms with Crippen LogP contribution in [0.2, 0.25) is 0 Å². The van der Waals surface area contributed by atoms with Crippen molar-refractivity contribution in [2.24, 2.45) is 0 Å². The molecule has 2 atom stereocenters. The third-order valence-electron chi connectivity index (χ3n) is 5.06. The Balaban J connectivity index is 2.18. The second kappa shape index (κ2) is 8.31. The largest absolute Gasteiger partial charge is 0.496 e. The molecule has 144 valence electrons. The number of benzene rings is 2. The first-order valence-electron chi connectivity index (χ1n) is 8.94. The van der Waals surface area contributed by atoms with Crippen LogP contribution in [0, 0.1) is 0 Å². The lowest BCUT2D eigenvalue weighted by Crippen LogP contribution is -2.39. The highest BCUT2D eigenvalue weighted by atomic mass is 16.5. The van der Waals surface area contributed by atoms with E-state index in [4.69, 9.17) is 14.2 Å². The molecule has 1 aliphatic heterocycles. The monoisotopic (exact) mass is 371 g/mol. The van der Waals surface area contributed by atoms with Gasteiger partial charge in [-0.1, -0.05) is 30.3 Å². The zero-order chi connectivity index (χ0) is 19.4. The summed E-state index contributed by atoms with van der Waals surface area (Å²) in [5.41, 5.74) is 1.87. The molecule has 0 amide bonds. The van der Waals surface area contributed by atoms with E-state index >= 15 is 0 Å². The van der Waals surface area contributed by atoms with E-state index in [0.717, 1.165) is 17.5 Å². The van der Waals surface area contributed by atoms with Crippen molar-refractivity contribution >= 4 is 5.97 Å². The molecule has 2 aromatic carbocycles. The maximum absolute atomic E-state index is 11.8. The third kappa shape index (κ3) is 3.71. The third-order valence-corrected chi connectivity index (χ3v) is 5.06. The van der Waals surface area contributed by atoms with E-state index in [9.17, 15) is 9.90 Å². The van der Waals surface area contributed by atoms with Crippen molar-refractivity contribution in [3.63, 3.8) is 0 Å². The van der Waals surface area contributed by atoms with E-state index in [2.05, 4.69) is 0 Å². The maximum atomic E-state index is 11.8. The Labute approximate surface area is 159 Å². The fraction of sp³-hybridized carbons (Fsp3) is 0.381. The quantitative estimate of drug-likeness (QED) is 0.805. The van der Waals surface area contributed by atoms with Gasteiger partial charge in [0, 0.05) is 18.2 Å². The zero-order valence-corrected chi connectivity index (χ0v) is 15.8. The molecule has 2 aromatic rings. The molecular weight excluding hydrogens is 346 g/mol. The molecule has 0 saturated carbocycles. The second-order valence-electron chi connectivity index (χ2n) is 6.50. The van der Waals surface area contributed by atoms with E-state index in [0.29, 0.717) is 30.2 Å². The minimum absolute atomic E-state index is 0.260. The fourth-order valence-corrected chi connectivity index (χ4v) is 3.81. The number of aliphatic carboxylic acids is 1. The first-order valence-corrected chi connectivity index (χ1v) is 8.94. The van der Waals surface area contributed by atoms with Gasteiger partial charge in [-0.3, -0.25) is 9.69 Å². The van der Waals surface area contributed by atoms with Crippen molar-refractivity contribution in [2.75, 3.05) is 27.9 Å². The van der Waals surface area contributed by atoms with Gasteiger partial charge in [0.05, 0.1) is 27.4 Å². The maximum Gasteiger partial charge on any atom is 0.320 e. The van der Waals surface area contributed by atoms with Gasteiger partial charge in [0.2, 0.25) is 0 Å². The van der Waals surface area contributed by atoms with Crippen LogP contribution in [0.4, 0.5) is 0 Å². The Kier molecular flexibility index (Phi) is 5.86. The lowest BCUT2D eigenvalue weighted by Gasteiger charge is -2.33. The van der Waals surface area contributed by atoms with Gasteiger partial charge in [0.25, 0.3) is 0 Å². The molecule has 1 saturated heterocycles. The van der Waals surface area contributed by atoms with Crippen LogP contribution in [0.15, 0.2) is 42.5 Å². The summed E-state index contributed by atoms with van der Waals surface area (Å²) < 4.78 is 16.5. The Bertz CT molecular complexity index is 793. The molecule has 6 heteroatoms. The summed E-state index contributed by atoms with van der Waals surface area (Å²) in [4.78, 5) is 13.9. The Hall–Kier alpha value is -2.73. The summed E-state index contributed by atoms with van der Waals surface area (Å²) in [6, 6.07) is 12.8. The van der Waals surface area contributed by atoms with Crippen LogP contribution in [0.1, 0.15) is 30.0 Å². The van der Waals surface area contributed by atoms with Gasteiger partial charge in [-0.15, -0.1) is 0 Å². The number of likely N-dealkylation sites (tertiary alicyclic amines) is 1. The number of carbonyl (C=O) groups is 1. The average molecular weight is 371 g/mol. The average Bonchev–Trinajstić information content (AvgIpc) is 3.18. The van der Waals surface area contributed by atoms with Gasteiger partial charge < -0.3 is 19.3 Å². The van der Waals surface area contributed by atoms with Crippen LogP contribution < -0.4 is 14.2 Å². The van der Waals surface area contributed by atoms with Gasteiger partial charge in [-0.25, -0.2) is 0 Å². The van der Waals surface area contributed by atoms with Crippen molar-refractivity contribution in [1.29, 1.82) is 0 Å². The van der Waals surface area contributed by atoms with Crippen LogP contribution in [0.3, 0.4) is 0 Å². The fourth-order valence-electron chi connectivity index (χ4n) is 3.81. The highest BCUT2D eigenvalue weighted by Crippen LogP contribution is 2.43. The van der Waals surface area contributed by atoms with Crippen molar-refractivity contribution < 1.29 is 24.1 Å². The number of nitrogens with zero attached hydrogens (tertiary/aromatic N) is 1. The number of carboxylic acid groups (broad SMARTS) is 1. The molecule has 27 heavy (non-hydrogen) atoms. The number of hydrogen-bond acceptors (Lipinski definition) is 5. The lowest BCUT2D eigenvalue weighted by atomic mass is 9.95. The molecule has 2 unspecified atom stereocenters. The molecule has 0 bridgehead atoms. The Morgan fingerprint density at radius 1 is 1.04 bits per heavy atom. The number of rotatable bonds is 7. The first-order chi connectivity index (χ1) is 13.1. The van der Waals surface area contributed by atoms with Crippen LogP contribution in [-0.4, -0.2) is 49.9 Å². The minimum Gasteiger partial charge on any atom is -0.496 e. The summed E-state index contributed by atoms with van der Waals surface area (Å²) in [6.45, 7) is 0.702. The van der Waals surface area contributed by atoms with E-state index in [-0.39, 0.29) is 6.04 Å². The molecule has 0 spiro atoms. The van der Waals surface area contributed by atoms with Crippen molar-refractivity contribution in [2.45, 2.75) is 24.9 Å². The zero-order valence-electron chi connectivity index (χ0n) is 15.8. The highest BCUT2D eigenvalue weighted by molar-refractivity contribution is 5.74. The molecule has 0 aromatic heterocycles. The van der Waals surface area contributed by atoms with Crippen molar-refractivity contribution in [3.8, 4) is 17.2 Å². The lowest BCUT2D eigenvalue weighted by molar-refractivity contribution is -0.142. The Morgan fingerprint density at radius 3 is 2.26 bits per heavy atom. The van der Waals surface area contributed by atoms with Gasteiger partial charge >= 0.3 is 5.97 Å². The second-order valence-corrected chi connectivity index (χ2v) is 6.50. The SMILES string of the molecule is COc1cc(OC)c(C(c2ccccc2)N2CCCC2C(=O)O)cc1OC. The van der Waals surface area contributed by atoms with Crippen LogP contribution in [0.25, 0.3) is 0 Å². The van der Waals surface area contributed by atoms with E-state index in [1.54, 1.807) is 27.4 Å². The number of carboxylic acids is 1. The molecule has 0 aliphatic carbocycles. The molecule has 6 nitrogen and oxygen atoms in total. The number of hydrogen-bond donors (Lipinski definition) is 1. The van der Waals surface area contributed by atoms with Crippen LogP contribution in [-0.2, 0) is 4.79 Å². The number of ether oxygens (including phenoxy) is 3. The molecule has 3 rings (SSSR count). The minimum atomic E-state index is -0.798. The summed E-state index contributed by atoms with van der Waals surface area (Å²) in [5.74, 6) is 0.992. The molecule has 1 fully saturated rings. The topological polar surface area (TPSA) is 68.2 Å². The predicted octanol–water partition coefficient (Wildman–Crippen LogP) is 3.35. The summed E-state index contributed by atoms with van der Waals surface area (Å²) >= 11 is 0. The molecule has 1 aliphatic rings. The van der Waals surface area contributed by atoms with Gasteiger partial charge in [-0.05, 0) is 24.5 Å². The molecule has 1 heterocycles. The summed E-state index contributed by atoms with van der Waals surface area (Å²) in [7, 11) is 4.76. The van der Waals surface area contributed by atoms with Crippen LogP contribution in [0.5, 0.6) is 17.2 Å². The standard InChI is InChI=1S/C21H25NO5/c1-25-17-13-19(27-3)18(26-2)12-15(17)20(14-8-5-4-6-9-14)22-11-7-10-16(22)21(23)24/h4-6,8-9,12-13,16,20H,7,10-11H2,1-3H3,(H,23,24). The predicted molar refractivity (Wildman–Crippen MR) is 102 cm³/mol. The van der Waals surface area contributed by atoms with Crippen molar-refractivity contribution in [1.82, 2.24) is 4.90 Å². The molecule has 1 N–H and O–H groups in total. The van der Waals surface area contributed by atoms with Gasteiger partial charge in [0.15, 0.2) is 11.5 Å². The van der Waals surface area contributed by atoms with Gasteiger partial charge in [0.1, 0.15) is 11.8 Å². The van der Waals surface area contributed by atoms with Crippen LogP contribution >= 0.6 is 0 Å². The first kappa shape index (κ1) is 19.0. The highest BCUT2D eigenvalue weighted by Gasteiger charge is 2.38.